The van der Waals surface area contributed by atoms with Crippen LogP contribution in [0, 0.1) is 4.51 Å². The number of methoxy groups -OCH3 is 1. The largest absolute Gasteiger partial charge is 0.468 e. The molecule has 0 aliphatic heterocycles. The summed E-state index contributed by atoms with van der Waals surface area (Å²) < 4.78 is 13.7. The van der Waals surface area contributed by atoms with E-state index in [1.807, 2.05) is 17.0 Å². The fraction of sp³-hybridized carbons (Fsp3) is 0.500. The van der Waals surface area contributed by atoms with Crippen LogP contribution in [0.4, 0.5) is 0 Å². The number of nitrogens with zero attached hydrogens (tertiary/aromatic N) is 1. The Bertz CT molecular complexity index is 930. The first kappa shape index (κ1) is 20.3. The summed E-state index contributed by atoms with van der Waals surface area (Å²) in [6.45, 7) is 3.08. The second kappa shape index (κ2) is 8.80. The molecule has 0 saturated heterocycles. The van der Waals surface area contributed by atoms with E-state index >= 15 is 0 Å². The Morgan fingerprint density at radius 3 is 2.48 bits per heavy atom. The molecule has 0 amide bonds. The minimum atomic E-state index is -0.263. The molecule has 2 aliphatic carbocycles. The van der Waals surface area contributed by atoms with Gasteiger partial charge >= 0.3 is 5.97 Å². The number of hydrogen-bond acceptors (Lipinski definition) is 4. The molecule has 4 nitrogen and oxygen atoms in total. The fourth-order valence-corrected chi connectivity index (χ4v) is 4.45. The van der Waals surface area contributed by atoms with Crippen molar-refractivity contribution in [2.75, 3.05) is 13.7 Å². The predicted octanol–water partition coefficient (Wildman–Crippen LogP) is 5.61. The molecule has 1 aromatic heterocycles. The zero-order chi connectivity index (χ0) is 20.4. The smallest absolute Gasteiger partial charge is 0.325 e. The Labute approximate surface area is 177 Å². The average molecular weight is 412 g/mol. The molecule has 0 bridgehead atoms. The van der Waals surface area contributed by atoms with Crippen molar-refractivity contribution in [3.63, 3.8) is 0 Å². The van der Waals surface area contributed by atoms with Crippen molar-refractivity contribution in [1.82, 2.24) is 4.57 Å². The highest BCUT2D eigenvalue weighted by Crippen LogP contribution is 2.42. The van der Waals surface area contributed by atoms with Crippen LogP contribution in [0.1, 0.15) is 62.0 Å². The summed E-state index contributed by atoms with van der Waals surface area (Å²) in [6, 6.07) is 8.76. The average Bonchev–Trinajstić information content (AvgIpc) is 3.55. The summed E-state index contributed by atoms with van der Waals surface area (Å²) in [7, 11) is 1.42. The molecule has 0 spiro atoms. The van der Waals surface area contributed by atoms with E-state index in [4.69, 9.17) is 21.7 Å². The normalized spacial score (nSPS) is 20.9. The lowest BCUT2D eigenvalue weighted by Crippen LogP contribution is -2.33. The van der Waals surface area contributed by atoms with Gasteiger partial charge in [-0.25, -0.2) is 0 Å². The molecule has 2 unspecified atom stereocenters. The molecule has 29 heavy (non-hydrogen) atoms. The van der Waals surface area contributed by atoms with Crippen LogP contribution in [0.15, 0.2) is 36.7 Å². The zero-order valence-electron chi connectivity index (χ0n) is 17.2. The number of pyridine rings is 1. The van der Waals surface area contributed by atoms with E-state index in [0.29, 0.717) is 5.92 Å². The number of carbonyl (C=O) groups is 1. The van der Waals surface area contributed by atoms with Gasteiger partial charge in [-0.1, -0.05) is 43.4 Å². The quantitative estimate of drug-likeness (QED) is 0.418. The van der Waals surface area contributed by atoms with Gasteiger partial charge in [0.25, 0.3) is 0 Å². The standard InChI is InChI=1S/C24H29NO3S/c1-3-12-28-22-11-10-19(22)21-14-25(15-23(26)27-2)13-20(24(21)29)18-8-6-17(7-9-18)16-4-5-16/h6-9,13-14,16,19,22H,3-5,10-12,15H2,1-2H3. The molecule has 2 aromatic rings. The Hall–Kier alpha value is -1.98. The first-order valence-corrected chi connectivity index (χ1v) is 11.0. The molecule has 2 atom stereocenters. The highest BCUT2D eigenvalue weighted by Gasteiger charge is 2.34. The van der Waals surface area contributed by atoms with Gasteiger partial charge in [-0.15, -0.1) is 0 Å². The number of aromatic nitrogens is 1. The van der Waals surface area contributed by atoms with Crippen LogP contribution in [0.3, 0.4) is 0 Å². The molecule has 2 fully saturated rings. The van der Waals surface area contributed by atoms with Crippen LogP contribution in [-0.4, -0.2) is 30.4 Å². The lowest BCUT2D eigenvalue weighted by Gasteiger charge is -2.37. The fourth-order valence-electron chi connectivity index (χ4n) is 4.07. The lowest BCUT2D eigenvalue weighted by atomic mass is 9.77. The van der Waals surface area contributed by atoms with Crippen LogP contribution in [0.25, 0.3) is 11.1 Å². The second-order valence-electron chi connectivity index (χ2n) is 8.19. The maximum absolute atomic E-state index is 11.9. The minimum absolute atomic E-state index is 0.180. The van der Waals surface area contributed by atoms with Gasteiger partial charge < -0.3 is 14.0 Å². The van der Waals surface area contributed by atoms with Gasteiger partial charge in [0.15, 0.2) is 0 Å². The van der Waals surface area contributed by atoms with Gasteiger partial charge in [-0.3, -0.25) is 4.79 Å². The molecular weight excluding hydrogens is 382 g/mol. The molecule has 1 aromatic carbocycles. The number of carbonyl (C=O) groups excluding carboxylic acids is 1. The van der Waals surface area contributed by atoms with Gasteiger partial charge in [0.05, 0.1) is 17.7 Å². The van der Waals surface area contributed by atoms with Crippen molar-refractivity contribution in [2.24, 2.45) is 0 Å². The Kier molecular flexibility index (Phi) is 6.16. The number of hydrogen-bond donors (Lipinski definition) is 0. The van der Waals surface area contributed by atoms with Crippen molar-refractivity contribution in [1.29, 1.82) is 0 Å². The van der Waals surface area contributed by atoms with Gasteiger partial charge in [0, 0.05) is 30.5 Å². The van der Waals surface area contributed by atoms with Crippen molar-refractivity contribution in [2.45, 2.75) is 63.5 Å². The van der Waals surface area contributed by atoms with E-state index < -0.39 is 0 Å². The number of benzene rings is 1. The number of esters is 1. The Morgan fingerprint density at radius 1 is 1.14 bits per heavy atom. The maximum Gasteiger partial charge on any atom is 0.325 e. The van der Waals surface area contributed by atoms with Crippen LogP contribution in [0.5, 0.6) is 0 Å². The highest BCUT2D eigenvalue weighted by atomic mass is 32.1. The van der Waals surface area contributed by atoms with Crippen LogP contribution in [0.2, 0.25) is 0 Å². The van der Waals surface area contributed by atoms with E-state index in [1.54, 1.807) is 0 Å². The summed E-state index contributed by atoms with van der Waals surface area (Å²) in [4.78, 5) is 11.9. The van der Waals surface area contributed by atoms with E-state index in [-0.39, 0.29) is 18.6 Å². The minimum Gasteiger partial charge on any atom is -0.468 e. The van der Waals surface area contributed by atoms with Crippen molar-refractivity contribution < 1.29 is 14.3 Å². The van der Waals surface area contributed by atoms with E-state index in [2.05, 4.69) is 31.2 Å². The molecule has 0 N–H and O–H groups in total. The molecule has 2 saturated carbocycles. The van der Waals surface area contributed by atoms with Gasteiger partial charge in [-0.2, -0.15) is 0 Å². The SMILES string of the molecule is CCCOC1CCC1c1cn(CC(=O)OC)cc(-c2ccc(C3CC3)cc2)c1=S. The van der Waals surface area contributed by atoms with Gasteiger partial charge in [0.1, 0.15) is 6.54 Å². The van der Waals surface area contributed by atoms with Crippen molar-refractivity contribution >= 4 is 18.2 Å². The maximum atomic E-state index is 11.9. The third-order valence-electron chi connectivity index (χ3n) is 6.06. The summed E-state index contributed by atoms with van der Waals surface area (Å²) in [6.07, 6.45) is 9.96. The third kappa shape index (κ3) is 4.46. The second-order valence-corrected chi connectivity index (χ2v) is 8.60. The molecule has 2 aliphatic rings. The summed E-state index contributed by atoms with van der Waals surface area (Å²) >= 11 is 5.93. The molecule has 0 radical (unpaired) electrons. The first-order chi connectivity index (χ1) is 14.1. The topological polar surface area (TPSA) is 40.5 Å². The number of rotatable bonds is 8. The Morgan fingerprint density at radius 2 is 1.90 bits per heavy atom. The van der Waals surface area contributed by atoms with Crippen LogP contribution < -0.4 is 0 Å². The summed E-state index contributed by atoms with van der Waals surface area (Å²) in [5.41, 5.74) is 4.63. The van der Waals surface area contributed by atoms with Gasteiger partial charge in [0.2, 0.25) is 0 Å². The van der Waals surface area contributed by atoms with E-state index in [1.165, 1.54) is 25.5 Å². The number of ether oxygens (including phenoxy) is 2. The van der Waals surface area contributed by atoms with Crippen molar-refractivity contribution in [3.8, 4) is 11.1 Å². The molecule has 4 rings (SSSR count). The van der Waals surface area contributed by atoms with E-state index in [0.717, 1.165) is 53.0 Å². The van der Waals surface area contributed by atoms with Gasteiger partial charge in [-0.05, 0) is 54.7 Å². The Balaban J connectivity index is 1.70. The molecule has 154 valence electrons. The zero-order valence-corrected chi connectivity index (χ0v) is 18.0. The van der Waals surface area contributed by atoms with Crippen LogP contribution in [-0.2, 0) is 20.8 Å². The third-order valence-corrected chi connectivity index (χ3v) is 6.52. The van der Waals surface area contributed by atoms with E-state index in [9.17, 15) is 4.79 Å². The van der Waals surface area contributed by atoms with Crippen molar-refractivity contribution in [3.05, 3.63) is 52.3 Å². The first-order valence-electron chi connectivity index (χ1n) is 10.6. The monoisotopic (exact) mass is 411 g/mol. The highest BCUT2D eigenvalue weighted by molar-refractivity contribution is 7.71. The summed E-state index contributed by atoms with van der Waals surface area (Å²) in [5.74, 6) is 0.762. The molecule has 5 heteroatoms. The summed E-state index contributed by atoms with van der Waals surface area (Å²) in [5, 5.41) is 0. The lowest BCUT2D eigenvalue weighted by molar-refractivity contribution is -0.141. The predicted molar refractivity (Wildman–Crippen MR) is 117 cm³/mol. The molecular formula is C24H29NO3S. The van der Waals surface area contributed by atoms with Crippen LogP contribution >= 0.6 is 12.2 Å². The molecule has 1 heterocycles.